The summed E-state index contributed by atoms with van der Waals surface area (Å²) in [5.74, 6) is -2.30. The van der Waals surface area contributed by atoms with Crippen molar-refractivity contribution in [3.8, 4) is 0 Å². The lowest BCUT2D eigenvalue weighted by Crippen LogP contribution is -2.30. The molecule has 0 aromatic carbocycles. The molecule has 19 heteroatoms. The van der Waals surface area contributed by atoms with Crippen LogP contribution in [0.15, 0.2) is 122 Å². The van der Waals surface area contributed by atoms with E-state index in [0.717, 1.165) is 116 Å². The first-order chi connectivity index (χ1) is 47.7. The van der Waals surface area contributed by atoms with Gasteiger partial charge in [-0.2, -0.15) is 0 Å². The summed E-state index contributed by atoms with van der Waals surface area (Å²) in [6.45, 7) is 4.51. The van der Waals surface area contributed by atoms with Gasteiger partial charge in [0.25, 0.3) is 0 Å². The SMILES string of the molecule is CC/C=C\C/C=C\C/C=C\C/C=C\C/C=C\CCCC(=O)OCC(COP(=O)(O)OCC(O)COP(=O)(O)OCC(COC(=O)CCC/C=C\C/C=C\C/C=C\C/C=C\C/C=C\CC)OC(=O)CCCCCCCCCCCCCCC)OC(=O)CCCCCCCCCCCCC. The van der Waals surface area contributed by atoms with Gasteiger partial charge in [-0.3, -0.25) is 37.3 Å². The van der Waals surface area contributed by atoms with Crippen LogP contribution in [0.1, 0.15) is 297 Å². The highest BCUT2D eigenvalue weighted by molar-refractivity contribution is 7.47. The summed E-state index contributed by atoms with van der Waals surface area (Å²) in [5, 5.41) is 10.6. The molecule has 0 aromatic heterocycles. The van der Waals surface area contributed by atoms with E-state index in [2.05, 4.69) is 125 Å². The number of phosphoric ester groups is 2. The minimum Gasteiger partial charge on any atom is -0.462 e. The normalized spacial score (nSPS) is 14.6. The number of rotatable bonds is 70. The molecular weight excluding hydrogens is 1280 g/mol. The van der Waals surface area contributed by atoms with Crippen LogP contribution in [-0.2, 0) is 65.4 Å². The van der Waals surface area contributed by atoms with Gasteiger partial charge in [-0.1, -0.05) is 290 Å². The second-order valence-corrected chi connectivity index (χ2v) is 27.7. The number of ether oxygens (including phenoxy) is 4. The molecule has 0 rings (SSSR count). The van der Waals surface area contributed by atoms with E-state index in [1.54, 1.807) is 0 Å². The van der Waals surface area contributed by atoms with Gasteiger partial charge in [-0.15, -0.1) is 0 Å². The minimum atomic E-state index is -4.99. The van der Waals surface area contributed by atoms with Gasteiger partial charge in [0.15, 0.2) is 12.2 Å². The summed E-state index contributed by atoms with van der Waals surface area (Å²) in [6.07, 6.45) is 76.4. The highest BCUT2D eigenvalue weighted by Gasteiger charge is 2.30. The Morgan fingerprint density at radius 1 is 0.296 bits per heavy atom. The van der Waals surface area contributed by atoms with Crippen molar-refractivity contribution in [3.63, 3.8) is 0 Å². The van der Waals surface area contributed by atoms with Crippen LogP contribution in [0.4, 0.5) is 0 Å². The standard InChI is InChI=1S/C79H134O17P2/c1-5-9-13-17-21-25-29-32-34-36-38-41-44-47-51-55-59-63-76(81)89-69-74(95-78(83)65-61-57-53-49-43-28-24-20-16-12-8-4)71-93-97(85,86)91-67-73(80)68-92-98(87,88)94-72-75(96-79(84)66-62-58-54-50-46-40-31-27-23-19-15-11-7-3)70-90-77(82)64-60-56-52-48-45-42-39-37-35-33-30-26-22-18-14-10-6-2/h9-10,13-14,21-22,25-26,32-35,38-39,41-42,47-48,51-52,73-75,80H,5-8,11-12,15-20,23-24,27-31,36-37,40,43-46,49-50,53-72H2,1-4H3,(H,85,86)(H,87,88)/b13-9-,14-10-,25-21-,26-22-,34-32-,35-33-,41-38-,42-39-,51-47-,52-48-. The summed E-state index contributed by atoms with van der Waals surface area (Å²) in [5.41, 5.74) is 0. The smallest absolute Gasteiger partial charge is 0.462 e. The van der Waals surface area contributed by atoms with Crippen LogP contribution in [0.2, 0.25) is 0 Å². The van der Waals surface area contributed by atoms with E-state index < -0.39 is 97.5 Å². The van der Waals surface area contributed by atoms with Gasteiger partial charge < -0.3 is 33.8 Å². The molecule has 0 fully saturated rings. The molecule has 0 aliphatic heterocycles. The van der Waals surface area contributed by atoms with Gasteiger partial charge in [0, 0.05) is 25.7 Å². The van der Waals surface area contributed by atoms with Gasteiger partial charge in [0.2, 0.25) is 0 Å². The highest BCUT2D eigenvalue weighted by atomic mass is 31.2. The molecule has 0 aliphatic carbocycles. The van der Waals surface area contributed by atoms with Crippen molar-refractivity contribution in [2.45, 2.75) is 316 Å². The lowest BCUT2D eigenvalue weighted by atomic mass is 10.0. The zero-order valence-corrected chi connectivity index (χ0v) is 63.0. The number of unbranched alkanes of at least 4 members (excludes halogenated alkanes) is 24. The second kappa shape index (κ2) is 70.9. The zero-order chi connectivity index (χ0) is 71.8. The molecule has 0 spiro atoms. The molecule has 0 aromatic rings. The molecule has 98 heavy (non-hydrogen) atoms. The first-order valence-corrected chi connectivity index (χ1v) is 40.8. The average molecular weight is 1420 g/mol. The minimum absolute atomic E-state index is 0.0822. The zero-order valence-electron chi connectivity index (χ0n) is 61.2. The summed E-state index contributed by atoms with van der Waals surface area (Å²) in [6, 6.07) is 0. The number of aliphatic hydroxyl groups is 1. The fourth-order valence-corrected chi connectivity index (χ4v) is 11.3. The largest absolute Gasteiger partial charge is 0.472 e. The molecule has 562 valence electrons. The van der Waals surface area contributed by atoms with Crippen LogP contribution in [0, 0.1) is 0 Å². The fourth-order valence-electron chi connectivity index (χ4n) is 9.76. The first kappa shape index (κ1) is 93.5. The summed E-state index contributed by atoms with van der Waals surface area (Å²) < 4.78 is 68.3. The van der Waals surface area contributed by atoms with Crippen LogP contribution >= 0.6 is 15.6 Å². The number of esters is 4. The van der Waals surface area contributed by atoms with Crippen LogP contribution in [-0.4, -0.2) is 96.7 Å². The third-order valence-electron chi connectivity index (χ3n) is 15.5. The highest BCUT2D eigenvalue weighted by Crippen LogP contribution is 2.45. The molecule has 17 nitrogen and oxygen atoms in total. The molecule has 0 amide bonds. The number of carbonyl (C=O) groups excluding carboxylic acids is 4. The van der Waals surface area contributed by atoms with Crippen molar-refractivity contribution in [3.05, 3.63) is 122 Å². The predicted molar refractivity (Wildman–Crippen MR) is 399 cm³/mol. The van der Waals surface area contributed by atoms with E-state index in [9.17, 15) is 43.2 Å². The van der Waals surface area contributed by atoms with Crippen molar-refractivity contribution in [1.29, 1.82) is 0 Å². The van der Waals surface area contributed by atoms with Crippen LogP contribution < -0.4 is 0 Å². The fraction of sp³-hybridized carbons (Fsp3) is 0.696. The quantitative estimate of drug-likeness (QED) is 0.0169. The Morgan fingerprint density at radius 2 is 0.531 bits per heavy atom. The summed E-state index contributed by atoms with van der Waals surface area (Å²) >= 11 is 0. The number of phosphoric acid groups is 2. The van der Waals surface area contributed by atoms with Gasteiger partial charge in [0.05, 0.1) is 26.4 Å². The monoisotopic (exact) mass is 1420 g/mol. The molecule has 3 N–H and O–H groups in total. The Bertz CT molecular complexity index is 2340. The van der Waals surface area contributed by atoms with Crippen molar-refractivity contribution in [2.24, 2.45) is 0 Å². The number of carbonyl (C=O) groups is 4. The average Bonchev–Trinajstić information content (AvgIpc) is 0.985. The number of aliphatic hydroxyl groups excluding tert-OH is 1. The van der Waals surface area contributed by atoms with Gasteiger partial charge in [-0.25, -0.2) is 9.13 Å². The third-order valence-corrected chi connectivity index (χ3v) is 17.4. The van der Waals surface area contributed by atoms with E-state index in [0.29, 0.717) is 38.5 Å². The van der Waals surface area contributed by atoms with Crippen molar-refractivity contribution in [2.75, 3.05) is 39.6 Å². The van der Waals surface area contributed by atoms with Gasteiger partial charge in [0.1, 0.15) is 19.3 Å². The second-order valence-electron chi connectivity index (χ2n) is 24.8. The first-order valence-electron chi connectivity index (χ1n) is 37.8. The molecule has 0 saturated heterocycles. The number of allylic oxidation sites excluding steroid dienone is 20. The summed E-state index contributed by atoms with van der Waals surface area (Å²) in [4.78, 5) is 72.7. The lowest BCUT2D eigenvalue weighted by molar-refractivity contribution is -0.161. The maximum absolute atomic E-state index is 13.1. The Hall–Kier alpha value is -4.54. The molecule has 0 saturated carbocycles. The van der Waals surface area contributed by atoms with Crippen LogP contribution in [0.25, 0.3) is 0 Å². The Kier molecular flexibility index (Phi) is 67.6. The lowest BCUT2D eigenvalue weighted by Gasteiger charge is -2.21. The van der Waals surface area contributed by atoms with Gasteiger partial charge >= 0.3 is 39.5 Å². The molecule has 0 aliphatic rings. The van der Waals surface area contributed by atoms with Crippen LogP contribution in [0.5, 0.6) is 0 Å². The van der Waals surface area contributed by atoms with E-state index in [1.165, 1.54) is 89.9 Å². The number of hydrogen-bond acceptors (Lipinski definition) is 15. The van der Waals surface area contributed by atoms with Crippen LogP contribution in [0.3, 0.4) is 0 Å². The van der Waals surface area contributed by atoms with E-state index in [1.807, 2.05) is 24.3 Å². The van der Waals surface area contributed by atoms with Crippen molar-refractivity contribution in [1.82, 2.24) is 0 Å². The van der Waals surface area contributed by atoms with Crippen molar-refractivity contribution >= 4 is 39.5 Å². The molecule has 0 heterocycles. The Balaban J connectivity index is 5.40. The van der Waals surface area contributed by atoms with E-state index in [-0.39, 0.29) is 25.7 Å². The van der Waals surface area contributed by atoms with E-state index in [4.69, 9.17) is 37.0 Å². The molecule has 0 radical (unpaired) electrons. The maximum Gasteiger partial charge on any atom is 0.472 e. The maximum atomic E-state index is 13.1. The predicted octanol–water partition coefficient (Wildman–Crippen LogP) is 21.6. The summed E-state index contributed by atoms with van der Waals surface area (Å²) in [7, 11) is -9.97. The Labute approximate surface area is 593 Å². The Morgan fingerprint density at radius 3 is 0.806 bits per heavy atom. The molecular formula is C79H134O17P2. The molecule has 5 atom stereocenters. The number of hydrogen-bond donors (Lipinski definition) is 3. The topological polar surface area (TPSA) is 237 Å². The van der Waals surface area contributed by atoms with Crippen molar-refractivity contribution < 1.29 is 80.2 Å². The van der Waals surface area contributed by atoms with Gasteiger partial charge in [-0.05, 0) is 103 Å². The molecule has 0 bridgehead atoms. The van der Waals surface area contributed by atoms with E-state index >= 15 is 0 Å². The third kappa shape index (κ3) is 69.9. The molecule has 5 unspecified atom stereocenters.